The average molecular weight is 269 g/mol. The summed E-state index contributed by atoms with van der Waals surface area (Å²) in [6.07, 6.45) is 1.72. The molecule has 20 heavy (non-hydrogen) atoms. The van der Waals surface area contributed by atoms with Crippen LogP contribution in [0.3, 0.4) is 0 Å². The minimum absolute atomic E-state index is 0.166. The van der Waals surface area contributed by atoms with Crippen LogP contribution in [0, 0.1) is 11.8 Å². The first kappa shape index (κ1) is 13.8. The monoisotopic (exact) mass is 269 g/mol. The lowest BCUT2D eigenvalue weighted by Crippen LogP contribution is -2.23. The Morgan fingerprint density at radius 1 is 1.45 bits per heavy atom. The maximum absolute atomic E-state index is 11.8. The summed E-state index contributed by atoms with van der Waals surface area (Å²) in [5, 5.41) is 15.5. The largest absolute Gasteiger partial charge is 0.384 e. The van der Waals surface area contributed by atoms with Crippen LogP contribution in [0.25, 0.3) is 0 Å². The van der Waals surface area contributed by atoms with Crippen LogP contribution in [-0.4, -0.2) is 27.4 Å². The predicted octanol–water partition coefficient (Wildman–Crippen LogP) is 0.694. The maximum Gasteiger partial charge on any atom is 0.272 e. The molecular formula is C15H15N3O2. The van der Waals surface area contributed by atoms with Gasteiger partial charge in [-0.1, -0.05) is 24.0 Å². The van der Waals surface area contributed by atoms with E-state index in [1.807, 2.05) is 24.3 Å². The molecule has 0 radical (unpaired) electrons. The number of hydrogen-bond donors (Lipinski definition) is 2. The van der Waals surface area contributed by atoms with Crippen LogP contribution in [0.15, 0.2) is 36.5 Å². The predicted molar refractivity (Wildman–Crippen MR) is 74.8 cm³/mol. The first-order valence-corrected chi connectivity index (χ1v) is 6.15. The Morgan fingerprint density at radius 3 is 3.00 bits per heavy atom. The highest BCUT2D eigenvalue weighted by atomic mass is 16.2. The van der Waals surface area contributed by atoms with Gasteiger partial charge in [0.15, 0.2) is 0 Å². The number of nitrogens with one attached hydrogen (secondary N) is 1. The first-order chi connectivity index (χ1) is 9.69. The molecule has 5 heteroatoms. The molecule has 0 atom stereocenters. The van der Waals surface area contributed by atoms with Crippen molar-refractivity contribution in [2.45, 2.75) is 6.54 Å². The number of aromatic nitrogens is 2. The Balaban J connectivity index is 1.98. The van der Waals surface area contributed by atoms with Gasteiger partial charge in [-0.25, -0.2) is 0 Å². The summed E-state index contributed by atoms with van der Waals surface area (Å²) in [5.74, 6) is 5.21. The summed E-state index contributed by atoms with van der Waals surface area (Å²) in [5.41, 5.74) is 2.14. The molecular weight excluding hydrogens is 254 g/mol. The van der Waals surface area contributed by atoms with E-state index in [0.29, 0.717) is 12.2 Å². The lowest BCUT2D eigenvalue weighted by Gasteiger charge is -2.04. The number of amides is 1. The standard InChI is InChI=1S/C15H15N3O2/c1-18-8-7-14(17-18)15(20)16-11-13-5-2-4-12(10-13)6-3-9-19/h2,4-5,7-8,10,19H,9,11H2,1H3,(H,16,20). The smallest absolute Gasteiger partial charge is 0.272 e. The van der Waals surface area contributed by atoms with Crippen molar-refractivity contribution in [2.24, 2.45) is 7.05 Å². The molecule has 1 amide bonds. The van der Waals surface area contributed by atoms with Crippen molar-refractivity contribution >= 4 is 5.91 Å². The molecule has 1 aromatic carbocycles. The molecule has 0 aliphatic carbocycles. The Kier molecular flexibility index (Phi) is 4.53. The second-order valence-corrected chi connectivity index (χ2v) is 4.22. The van der Waals surface area contributed by atoms with Gasteiger partial charge in [0.25, 0.3) is 5.91 Å². The van der Waals surface area contributed by atoms with Gasteiger partial charge in [0.1, 0.15) is 12.3 Å². The van der Waals surface area contributed by atoms with Crippen LogP contribution >= 0.6 is 0 Å². The Hall–Kier alpha value is -2.58. The van der Waals surface area contributed by atoms with E-state index in [2.05, 4.69) is 22.3 Å². The number of hydrogen-bond acceptors (Lipinski definition) is 3. The third-order valence-corrected chi connectivity index (χ3v) is 2.64. The molecule has 1 aromatic heterocycles. The van der Waals surface area contributed by atoms with Crippen LogP contribution in [0.2, 0.25) is 0 Å². The zero-order chi connectivity index (χ0) is 14.4. The molecule has 0 spiro atoms. The highest BCUT2D eigenvalue weighted by Gasteiger charge is 2.07. The lowest BCUT2D eigenvalue weighted by atomic mass is 10.1. The summed E-state index contributed by atoms with van der Waals surface area (Å²) < 4.78 is 1.58. The first-order valence-electron chi connectivity index (χ1n) is 6.15. The van der Waals surface area contributed by atoms with Gasteiger partial charge in [-0.3, -0.25) is 9.48 Å². The number of carbonyl (C=O) groups excluding carboxylic acids is 1. The molecule has 2 aromatic rings. The van der Waals surface area contributed by atoms with Gasteiger partial charge in [0.05, 0.1) is 0 Å². The number of nitrogens with zero attached hydrogens (tertiary/aromatic N) is 2. The van der Waals surface area contributed by atoms with Gasteiger partial charge >= 0.3 is 0 Å². The van der Waals surface area contributed by atoms with E-state index in [1.165, 1.54) is 0 Å². The fraction of sp³-hybridized carbons (Fsp3) is 0.200. The van der Waals surface area contributed by atoms with E-state index >= 15 is 0 Å². The molecule has 0 bridgehead atoms. The van der Waals surface area contributed by atoms with Gasteiger partial charge in [-0.2, -0.15) is 5.10 Å². The van der Waals surface area contributed by atoms with Gasteiger partial charge in [0.2, 0.25) is 0 Å². The van der Waals surface area contributed by atoms with E-state index in [-0.39, 0.29) is 12.5 Å². The van der Waals surface area contributed by atoms with Crippen LogP contribution < -0.4 is 5.32 Å². The van der Waals surface area contributed by atoms with Gasteiger partial charge in [0, 0.05) is 25.4 Å². The third-order valence-electron chi connectivity index (χ3n) is 2.64. The van der Waals surface area contributed by atoms with Crippen molar-refractivity contribution < 1.29 is 9.90 Å². The summed E-state index contributed by atoms with van der Waals surface area (Å²) in [6, 6.07) is 9.17. The number of carbonyl (C=O) groups is 1. The Labute approximate surface area is 117 Å². The maximum atomic E-state index is 11.8. The van der Waals surface area contributed by atoms with Crippen molar-refractivity contribution in [3.63, 3.8) is 0 Å². The molecule has 1 heterocycles. The molecule has 5 nitrogen and oxygen atoms in total. The van der Waals surface area contributed by atoms with Crippen molar-refractivity contribution in [1.29, 1.82) is 0 Å². The van der Waals surface area contributed by atoms with Gasteiger partial charge < -0.3 is 10.4 Å². The lowest BCUT2D eigenvalue weighted by molar-refractivity contribution is 0.0945. The number of rotatable bonds is 3. The highest BCUT2D eigenvalue weighted by molar-refractivity contribution is 5.92. The zero-order valence-corrected chi connectivity index (χ0v) is 11.1. The minimum atomic E-state index is -0.211. The number of aliphatic hydroxyl groups is 1. The van der Waals surface area contributed by atoms with Crippen LogP contribution in [-0.2, 0) is 13.6 Å². The second kappa shape index (κ2) is 6.55. The number of benzene rings is 1. The summed E-state index contributed by atoms with van der Waals surface area (Å²) in [7, 11) is 1.76. The molecule has 0 aliphatic rings. The SMILES string of the molecule is Cn1ccc(C(=O)NCc2cccc(C#CCO)c2)n1. The average Bonchev–Trinajstić information content (AvgIpc) is 2.90. The Morgan fingerprint density at radius 2 is 2.30 bits per heavy atom. The van der Waals surface area contributed by atoms with Crippen LogP contribution in [0.1, 0.15) is 21.6 Å². The third kappa shape index (κ3) is 3.70. The van der Waals surface area contributed by atoms with Crippen LogP contribution in [0.5, 0.6) is 0 Å². The van der Waals surface area contributed by atoms with E-state index in [1.54, 1.807) is 24.0 Å². The number of aliphatic hydroxyl groups excluding tert-OH is 1. The quantitative estimate of drug-likeness (QED) is 0.806. The fourth-order valence-electron chi connectivity index (χ4n) is 1.71. The molecule has 0 saturated carbocycles. The minimum Gasteiger partial charge on any atom is -0.384 e. The summed E-state index contributed by atoms with van der Waals surface area (Å²) in [4.78, 5) is 11.8. The van der Waals surface area contributed by atoms with Gasteiger partial charge in [-0.05, 0) is 23.8 Å². The van der Waals surface area contributed by atoms with Crippen LogP contribution in [0.4, 0.5) is 0 Å². The van der Waals surface area contributed by atoms with E-state index < -0.39 is 0 Å². The van der Waals surface area contributed by atoms with E-state index in [9.17, 15) is 4.79 Å². The normalized spacial score (nSPS) is 9.70. The van der Waals surface area contributed by atoms with Crippen molar-refractivity contribution in [1.82, 2.24) is 15.1 Å². The summed E-state index contributed by atoms with van der Waals surface area (Å²) >= 11 is 0. The topological polar surface area (TPSA) is 67.2 Å². The second-order valence-electron chi connectivity index (χ2n) is 4.22. The molecule has 102 valence electrons. The van der Waals surface area contributed by atoms with Crippen molar-refractivity contribution in [2.75, 3.05) is 6.61 Å². The van der Waals surface area contributed by atoms with E-state index in [0.717, 1.165) is 11.1 Å². The molecule has 0 saturated heterocycles. The highest BCUT2D eigenvalue weighted by Crippen LogP contribution is 2.04. The molecule has 0 fully saturated rings. The zero-order valence-electron chi connectivity index (χ0n) is 11.1. The Bertz CT molecular complexity index is 665. The fourth-order valence-corrected chi connectivity index (χ4v) is 1.71. The van der Waals surface area contributed by atoms with Crippen molar-refractivity contribution in [3.8, 4) is 11.8 Å². The van der Waals surface area contributed by atoms with Crippen molar-refractivity contribution in [3.05, 3.63) is 53.3 Å². The summed E-state index contributed by atoms with van der Waals surface area (Å²) in [6.45, 7) is 0.241. The van der Waals surface area contributed by atoms with Gasteiger partial charge in [-0.15, -0.1) is 0 Å². The molecule has 2 rings (SSSR count). The molecule has 0 aliphatic heterocycles. The number of aryl methyl sites for hydroxylation is 1. The van der Waals surface area contributed by atoms with E-state index in [4.69, 9.17) is 5.11 Å². The molecule has 2 N–H and O–H groups in total. The molecule has 0 unspecified atom stereocenters.